The molecule has 1 aliphatic heterocycles. The first-order chi connectivity index (χ1) is 3.39. The molecule has 0 saturated carbocycles. The molecule has 7 heavy (non-hydrogen) atoms. The van der Waals surface area contributed by atoms with E-state index in [-0.39, 0.29) is 0 Å². The van der Waals surface area contributed by atoms with Gasteiger partial charge in [0.25, 0.3) is 0 Å². The Labute approximate surface area is 51.3 Å². The third kappa shape index (κ3) is 1.93. The highest BCUT2D eigenvalue weighted by Crippen LogP contribution is 2.38. The van der Waals surface area contributed by atoms with Gasteiger partial charge in [0.1, 0.15) is 0 Å². The van der Waals surface area contributed by atoms with E-state index in [4.69, 9.17) is 5.11 Å². The van der Waals surface area contributed by atoms with E-state index in [2.05, 4.69) is 0 Å². The summed E-state index contributed by atoms with van der Waals surface area (Å²) in [5.74, 6) is 1.19. The first-order valence-corrected chi connectivity index (χ1v) is 4.56. The molecule has 1 N–H and O–H groups in total. The van der Waals surface area contributed by atoms with E-state index in [0.717, 1.165) is 12.8 Å². The van der Waals surface area contributed by atoms with Crippen LogP contribution >= 0.6 is 21.6 Å². The van der Waals surface area contributed by atoms with Gasteiger partial charge in [0.15, 0.2) is 0 Å². The van der Waals surface area contributed by atoms with Gasteiger partial charge in [-0.05, 0) is 5.75 Å². The predicted molar refractivity (Wildman–Crippen MR) is 34.5 cm³/mol. The van der Waals surface area contributed by atoms with E-state index in [1.165, 1.54) is 16.5 Å². The van der Waals surface area contributed by atoms with Crippen LogP contribution < -0.4 is 0 Å². The average molecular weight is 135 g/mol. The molecule has 0 aromatic rings. The van der Waals surface area contributed by atoms with E-state index in [9.17, 15) is 0 Å². The molecule has 0 aromatic carbocycles. The lowest BCUT2D eigenvalue weighted by Gasteiger charge is -2.27. The summed E-state index contributed by atoms with van der Waals surface area (Å²) in [5, 5.41) is 8.77. The van der Waals surface area contributed by atoms with E-state index in [1.54, 1.807) is 10.8 Å². The number of aliphatic hydroxyl groups is 1. The van der Waals surface area contributed by atoms with E-state index < -0.39 is 0 Å². The van der Waals surface area contributed by atoms with Crippen LogP contribution in [0.15, 0.2) is 0 Å². The van der Waals surface area contributed by atoms with Gasteiger partial charge in [0, 0.05) is 0 Å². The van der Waals surface area contributed by atoms with Crippen LogP contribution in [-0.2, 0) is 0 Å². The second kappa shape index (κ2) is 2.84. The monoisotopic (exact) mass is 135 g/mol. The predicted octanol–water partition coefficient (Wildman–Crippen LogP) is 2.02. The van der Waals surface area contributed by atoms with Crippen molar-refractivity contribution in [3.63, 3.8) is 0 Å². The normalized spacial score (nSPS) is 25.3. The molecule has 1 rings (SSSR count). The van der Waals surface area contributed by atoms with Crippen LogP contribution in [0.5, 0.6) is 0 Å². The Morgan fingerprint density at radius 3 is 2.71 bits per heavy atom. The number of hydrogen-bond donors (Lipinski definition) is 1. The van der Waals surface area contributed by atoms with Gasteiger partial charge in [-0.25, -0.2) is 0 Å². The van der Waals surface area contributed by atoms with Gasteiger partial charge in [-0.3, -0.25) is 10.8 Å². The maximum atomic E-state index is 8.77. The summed E-state index contributed by atoms with van der Waals surface area (Å²) in [4.78, 5) is 0. The van der Waals surface area contributed by atoms with Gasteiger partial charge in [-0.15, -0.1) is 22.7 Å². The van der Waals surface area contributed by atoms with Crippen molar-refractivity contribution in [1.82, 2.24) is 0 Å². The van der Waals surface area contributed by atoms with Crippen LogP contribution in [0.1, 0.15) is 12.8 Å². The second-order valence-corrected chi connectivity index (χ2v) is 3.89. The van der Waals surface area contributed by atoms with E-state index in [0.29, 0.717) is 5.44 Å². The summed E-state index contributed by atoms with van der Waals surface area (Å²) in [6.45, 7) is 0. The molecule has 0 radical (unpaired) electrons. The molecule has 0 unspecified atom stereocenters. The van der Waals surface area contributed by atoms with E-state index >= 15 is 0 Å². The minimum absolute atomic E-state index is 0.594. The molecule has 1 aliphatic rings. The molecule has 0 aromatic heterocycles. The summed E-state index contributed by atoms with van der Waals surface area (Å²) in [7, 11) is 3.24. The number of hydrogen-bond acceptors (Lipinski definition) is 3. The average Bonchev–Trinajstić information content (AvgIpc) is 1.69. The topological polar surface area (TPSA) is 20.2 Å². The fourth-order valence-electron chi connectivity index (χ4n) is 0.434. The Morgan fingerprint density at radius 2 is 2.43 bits per heavy atom. The highest BCUT2D eigenvalue weighted by Gasteiger charge is 1.96. The van der Waals surface area contributed by atoms with Gasteiger partial charge in [0.05, 0.1) is 0 Å². The molecule has 0 atom stereocenters. The van der Waals surface area contributed by atoms with Crippen molar-refractivity contribution in [1.29, 1.82) is 0 Å². The standard InChI is InChI=1S/C4H7OS2/c5-4-2-1-3-6-7-4/h5H,1-3H2/q-1. The zero-order valence-electron chi connectivity index (χ0n) is 3.89. The van der Waals surface area contributed by atoms with Crippen LogP contribution in [-0.4, -0.2) is 10.9 Å². The summed E-state index contributed by atoms with van der Waals surface area (Å²) in [6.07, 6.45) is 2.04. The molecule has 0 bridgehead atoms. The van der Waals surface area contributed by atoms with E-state index in [1.807, 2.05) is 0 Å². The quantitative estimate of drug-likeness (QED) is 0.405. The molecular weight excluding hydrogens is 128 g/mol. The Balaban J connectivity index is 2.12. The lowest BCUT2D eigenvalue weighted by Crippen LogP contribution is -1.94. The molecule has 1 heterocycles. The van der Waals surface area contributed by atoms with Crippen LogP contribution in [0.2, 0.25) is 0 Å². The third-order valence-electron chi connectivity index (χ3n) is 0.773. The molecular formula is C4H7OS2-. The van der Waals surface area contributed by atoms with Gasteiger partial charge < -0.3 is 5.11 Å². The van der Waals surface area contributed by atoms with Crippen molar-refractivity contribution in [2.45, 2.75) is 12.8 Å². The molecule has 1 nitrogen and oxygen atoms in total. The number of rotatable bonds is 0. The molecule has 3 heteroatoms. The van der Waals surface area contributed by atoms with Crippen molar-refractivity contribution >= 4 is 21.6 Å². The fraction of sp³-hybridized carbons (Fsp3) is 0.750. The van der Waals surface area contributed by atoms with Crippen molar-refractivity contribution in [2.24, 2.45) is 0 Å². The van der Waals surface area contributed by atoms with Crippen LogP contribution in [0.25, 0.3) is 0 Å². The summed E-state index contributed by atoms with van der Waals surface area (Å²) in [5.41, 5.74) is 0.594. The minimum Gasteiger partial charge on any atom is -0.551 e. The van der Waals surface area contributed by atoms with Gasteiger partial charge in [-0.2, -0.15) is 0 Å². The van der Waals surface area contributed by atoms with Crippen LogP contribution in [0.4, 0.5) is 0 Å². The lowest BCUT2D eigenvalue weighted by atomic mass is 10.4. The maximum absolute atomic E-state index is 8.77. The van der Waals surface area contributed by atoms with Crippen molar-refractivity contribution in [3.05, 3.63) is 5.44 Å². The zero-order valence-corrected chi connectivity index (χ0v) is 5.52. The molecule has 0 amide bonds. The smallest absolute Gasteiger partial charge is 0.00112 e. The third-order valence-corrected chi connectivity index (χ3v) is 3.17. The summed E-state index contributed by atoms with van der Waals surface area (Å²) < 4.78 is 0. The number of aliphatic hydroxyl groups excluding tert-OH is 1. The SMILES string of the molecule is O[C-]1CCCSS1. The van der Waals surface area contributed by atoms with Gasteiger partial charge >= 0.3 is 0 Å². The van der Waals surface area contributed by atoms with Crippen LogP contribution in [0.3, 0.4) is 0 Å². The van der Waals surface area contributed by atoms with Crippen molar-refractivity contribution in [2.75, 3.05) is 5.75 Å². The van der Waals surface area contributed by atoms with Gasteiger partial charge in [-0.1, -0.05) is 6.42 Å². The Hall–Kier alpha value is 0.660. The Kier molecular flexibility index (Phi) is 2.35. The largest absolute Gasteiger partial charge is 0.551 e. The molecule has 1 saturated heterocycles. The second-order valence-electron chi connectivity index (χ2n) is 1.40. The Morgan fingerprint density at radius 1 is 1.57 bits per heavy atom. The first-order valence-electron chi connectivity index (χ1n) is 2.24. The van der Waals surface area contributed by atoms with Crippen LogP contribution in [0, 0.1) is 5.44 Å². The highest BCUT2D eigenvalue weighted by atomic mass is 33.1. The zero-order chi connectivity index (χ0) is 5.11. The first kappa shape index (κ1) is 5.79. The van der Waals surface area contributed by atoms with Crippen molar-refractivity contribution in [3.8, 4) is 0 Å². The minimum atomic E-state index is 0.594. The summed E-state index contributed by atoms with van der Waals surface area (Å²) in [6, 6.07) is 0. The maximum Gasteiger partial charge on any atom is -0.00112 e. The van der Waals surface area contributed by atoms with Gasteiger partial charge in [0.2, 0.25) is 0 Å². The Bertz CT molecular complexity index is 51.7. The van der Waals surface area contributed by atoms with Crippen molar-refractivity contribution < 1.29 is 5.11 Å². The summed E-state index contributed by atoms with van der Waals surface area (Å²) >= 11 is 0. The molecule has 0 aliphatic carbocycles. The molecule has 1 fully saturated rings. The highest BCUT2D eigenvalue weighted by molar-refractivity contribution is 8.77. The molecule has 0 spiro atoms. The fourth-order valence-corrected chi connectivity index (χ4v) is 2.40. The lowest BCUT2D eigenvalue weighted by molar-refractivity contribution is 0.350. The molecule has 42 valence electrons.